The molecule has 0 saturated carbocycles. The molecule has 1 nitrogen and oxygen atoms in total. The van der Waals surface area contributed by atoms with Crippen LogP contribution in [0.2, 0.25) is 0 Å². The molecule has 98 valence electrons. The molecule has 0 aliphatic rings. The van der Waals surface area contributed by atoms with E-state index in [4.69, 9.17) is 0 Å². The third-order valence-corrected chi connectivity index (χ3v) is 3.42. The SMILES string of the molecule is BrCCc1ccccc1.Cc1c[nH]c2ccccc12. The Hall–Kier alpha value is -1.54. The van der Waals surface area contributed by atoms with Crippen LogP contribution in [0.3, 0.4) is 0 Å². The highest BCUT2D eigenvalue weighted by Crippen LogP contribution is 2.15. The number of hydrogen-bond donors (Lipinski definition) is 1. The molecule has 2 aromatic carbocycles. The molecule has 19 heavy (non-hydrogen) atoms. The standard InChI is InChI=1S/C9H9N.C8H9Br/c1-7-6-10-9-5-3-2-4-8(7)9;9-7-6-8-4-2-1-3-5-8/h2-6,10H,1H3;1-5H,6-7H2. The molecule has 2 heteroatoms. The van der Waals surface area contributed by atoms with Crippen molar-refractivity contribution in [2.75, 3.05) is 5.33 Å². The van der Waals surface area contributed by atoms with E-state index in [2.05, 4.69) is 70.3 Å². The van der Waals surface area contributed by atoms with E-state index in [1.165, 1.54) is 22.0 Å². The van der Waals surface area contributed by atoms with Gasteiger partial charge in [0, 0.05) is 22.4 Å². The summed E-state index contributed by atoms with van der Waals surface area (Å²) < 4.78 is 0. The van der Waals surface area contributed by atoms with Gasteiger partial charge in [0.25, 0.3) is 0 Å². The second-order valence-corrected chi connectivity index (χ2v) is 5.23. The van der Waals surface area contributed by atoms with Crippen molar-refractivity contribution in [2.45, 2.75) is 13.3 Å². The minimum absolute atomic E-state index is 1.05. The summed E-state index contributed by atoms with van der Waals surface area (Å²) in [6, 6.07) is 18.8. The van der Waals surface area contributed by atoms with E-state index in [0.29, 0.717) is 0 Å². The number of aryl methyl sites for hydroxylation is 2. The molecule has 0 spiro atoms. The smallest absolute Gasteiger partial charge is 0.0456 e. The molecular weight excluding hydrogens is 298 g/mol. The summed E-state index contributed by atoms with van der Waals surface area (Å²) in [5, 5.41) is 2.37. The van der Waals surface area contributed by atoms with Gasteiger partial charge in [-0.2, -0.15) is 0 Å². The van der Waals surface area contributed by atoms with E-state index in [1.54, 1.807) is 0 Å². The van der Waals surface area contributed by atoms with Crippen molar-refractivity contribution >= 4 is 26.8 Å². The summed E-state index contributed by atoms with van der Waals surface area (Å²) in [7, 11) is 0. The van der Waals surface area contributed by atoms with Crippen molar-refractivity contribution in [1.29, 1.82) is 0 Å². The van der Waals surface area contributed by atoms with E-state index in [0.717, 1.165) is 11.8 Å². The van der Waals surface area contributed by atoms with E-state index in [1.807, 2.05) is 18.3 Å². The number of rotatable bonds is 2. The molecule has 1 N–H and O–H groups in total. The molecule has 0 bridgehead atoms. The van der Waals surface area contributed by atoms with E-state index < -0.39 is 0 Å². The average Bonchev–Trinajstić information content (AvgIpc) is 2.84. The zero-order valence-electron chi connectivity index (χ0n) is 11.1. The van der Waals surface area contributed by atoms with Gasteiger partial charge in [-0.3, -0.25) is 0 Å². The van der Waals surface area contributed by atoms with Crippen LogP contribution in [0.4, 0.5) is 0 Å². The van der Waals surface area contributed by atoms with Crippen LogP contribution in [-0.2, 0) is 6.42 Å². The minimum Gasteiger partial charge on any atom is -0.361 e. The average molecular weight is 316 g/mol. The first-order valence-corrected chi connectivity index (χ1v) is 7.56. The van der Waals surface area contributed by atoms with Crippen LogP contribution in [0.25, 0.3) is 10.9 Å². The molecule has 0 aliphatic heterocycles. The molecule has 1 aromatic heterocycles. The quantitative estimate of drug-likeness (QED) is 0.633. The highest BCUT2D eigenvalue weighted by atomic mass is 79.9. The van der Waals surface area contributed by atoms with Crippen LogP contribution in [0.1, 0.15) is 11.1 Å². The maximum absolute atomic E-state index is 3.39. The first-order chi connectivity index (χ1) is 9.31. The van der Waals surface area contributed by atoms with Gasteiger partial charge in [-0.1, -0.05) is 64.5 Å². The Bertz CT molecular complexity index is 613. The van der Waals surface area contributed by atoms with Crippen molar-refractivity contribution in [3.63, 3.8) is 0 Å². The minimum atomic E-state index is 1.05. The predicted molar refractivity (Wildman–Crippen MR) is 87.0 cm³/mol. The Balaban J connectivity index is 0.000000141. The molecule has 0 aliphatic carbocycles. The van der Waals surface area contributed by atoms with Crippen molar-refractivity contribution in [2.24, 2.45) is 0 Å². The first-order valence-electron chi connectivity index (χ1n) is 6.44. The van der Waals surface area contributed by atoms with Crippen LogP contribution < -0.4 is 0 Å². The van der Waals surface area contributed by atoms with Gasteiger partial charge in [-0.05, 0) is 30.5 Å². The molecular formula is C17H18BrN. The molecule has 3 aromatic rings. The topological polar surface area (TPSA) is 15.8 Å². The molecule has 1 heterocycles. The Labute approximate surface area is 122 Å². The van der Waals surface area contributed by atoms with Gasteiger partial charge in [0.05, 0.1) is 0 Å². The normalized spacial score (nSPS) is 10.0. The van der Waals surface area contributed by atoms with E-state index in [-0.39, 0.29) is 0 Å². The zero-order valence-corrected chi connectivity index (χ0v) is 12.7. The van der Waals surface area contributed by atoms with E-state index >= 15 is 0 Å². The number of fused-ring (bicyclic) bond motifs is 1. The highest BCUT2D eigenvalue weighted by Gasteiger charge is 1.94. The van der Waals surface area contributed by atoms with Crippen molar-refractivity contribution in [3.8, 4) is 0 Å². The van der Waals surface area contributed by atoms with Crippen LogP contribution in [0, 0.1) is 6.92 Å². The third-order valence-electron chi connectivity index (χ3n) is 3.02. The fraction of sp³-hybridized carbons (Fsp3) is 0.176. The fourth-order valence-electron chi connectivity index (χ4n) is 1.97. The molecule has 0 atom stereocenters. The lowest BCUT2D eigenvalue weighted by Crippen LogP contribution is -1.82. The van der Waals surface area contributed by atoms with Crippen molar-refractivity contribution in [1.82, 2.24) is 4.98 Å². The Kier molecular flexibility index (Phi) is 5.22. The van der Waals surface area contributed by atoms with Gasteiger partial charge in [-0.25, -0.2) is 0 Å². The molecule has 0 radical (unpaired) electrons. The third kappa shape index (κ3) is 3.97. The molecule has 3 rings (SSSR count). The fourth-order valence-corrected chi connectivity index (χ4v) is 2.43. The number of aromatic amines is 1. The van der Waals surface area contributed by atoms with Crippen LogP contribution >= 0.6 is 15.9 Å². The molecule has 0 unspecified atom stereocenters. The van der Waals surface area contributed by atoms with Crippen LogP contribution in [-0.4, -0.2) is 10.3 Å². The molecule has 0 saturated heterocycles. The Morgan fingerprint density at radius 2 is 1.63 bits per heavy atom. The second kappa shape index (κ2) is 7.15. The summed E-state index contributed by atoms with van der Waals surface area (Å²) in [6.07, 6.45) is 3.16. The maximum Gasteiger partial charge on any atom is 0.0456 e. The Morgan fingerprint density at radius 1 is 0.947 bits per heavy atom. The van der Waals surface area contributed by atoms with Crippen molar-refractivity contribution in [3.05, 3.63) is 71.9 Å². The zero-order chi connectivity index (χ0) is 13.5. The lowest BCUT2D eigenvalue weighted by Gasteiger charge is -1.92. The number of H-pyrrole nitrogens is 1. The van der Waals surface area contributed by atoms with Gasteiger partial charge >= 0.3 is 0 Å². The number of alkyl halides is 1. The van der Waals surface area contributed by atoms with Crippen LogP contribution in [0.15, 0.2) is 60.8 Å². The summed E-state index contributed by atoms with van der Waals surface area (Å²) in [5.41, 5.74) is 3.94. The predicted octanol–water partition coefficient (Wildman–Crippen LogP) is 5.10. The Morgan fingerprint density at radius 3 is 2.32 bits per heavy atom. The van der Waals surface area contributed by atoms with Gasteiger partial charge in [-0.15, -0.1) is 0 Å². The largest absolute Gasteiger partial charge is 0.361 e. The number of hydrogen-bond acceptors (Lipinski definition) is 0. The highest BCUT2D eigenvalue weighted by molar-refractivity contribution is 9.09. The molecule has 0 fully saturated rings. The summed E-state index contributed by atoms with van der Waals surface area (Å²) in [4.78, 5) is 3.19. The number of nitrogens with one attached hydrogen (secondary N) is 1. The first kappa shape index (κ1) is 13.9. The maximum atomic E-state index is 3.39. The molecule has 0 amide bonds. The summed E-state index contributed by atoms with van der Waals surface area (Å²) in [5.74, 6) is 0. The van der Waals surface area contributed by atoms with Crippen molar-refractivity contribution < 1.29 is 0 Å². The summed E-state index contributed by atoms with van der Waals surface area (Å²) in [6.45, 7) is 2.11. The van der Waals surface area contributed by atoms with E-state index in [9.17, 15) is 0 Å². The second-order valence-electron chi connectivity index (χ2n) is 4.44. The number of para-hydroxylation sites is 1. The monoisotopic (exact) mass is 315 g/mol. The summed E-state index contributed by atoms with van der Waals surface area (Å²) >= 11 is 3.39. The van der Waals surface area contributed by atoms with Crippen LogP contribution in [0.5, 0.6) is 0 Å². The number of aromatic nitrogens is 1. The van der Waals surface area contributed by atoms with Gasteiger partial charge in [0.2, 0.25) is 0 Å². The van der Waals surface area contributed by atoms with Gasteiger partial charge < -0.3 is 4.98 Å². The van der Waals surface area contributed by atoms with Gasteiger partial charge in [0.1, 0.15) is 0 Å². The lowest BCUT2D eigenvalue weighted by atomic mass is 10.2. The van der Waals surface area contributed by atoms with Gasteiger partial charge in [0.15, 0.2) is 0 Å². The number of halogens is 1. The number of benzene rings is 2. The lowest BCUT2D eigenvalue weighted by molar-refractivity contribution is 1.17.